The number of hydrogen-bond donors (Lipinski definition) is 1. The van der Waals surface area contributed by atoms with Gasteiger partial charge < -0.3 is 5.73 Å². The summed E-state index contributed by atoms with van der Waals surface area (Å²) in [6, 6.07) is 9.82. The summed E-state index contributed by atoms with van der Waals surface area (Å²) in [4.78, 5) is 11.2. The highest BCUT2D eigenvalue weighted by Gasteiger charge is 2.35. The normalized spacial score (nSPS) is 18.2. The molecule has 1 amide bonds. The van der Waals surface area contributed by atoms with Crippen LogP contribution < -0.4 is 5.73 Å². The Morgan fingerprint density at radius 2 is 1.92 bits per heavy atom. The van der Waals surface area contributed by atoms with Crippen LogP contribution in [0.4, 0.5) is 0 Å². The summed E-state index contributed by atoms with van der Waals surface area (Å²) in [5.74, 6) is 0.259. The standard InChI is InChI=1S/C11H13NO/c12-11(13)10(9-6-7-9)8-4-2-1-3-5-8/h1-5,9-10H,6-7H2,(H2,12,13)/t10-/m1/s1. The van der Waals surface area contributed by atoms with Crippen molar-refractivity contribution in [3.05, 3.63) is 35.9 Å². The van der Waals surface area contributed by atoms with Crippen LogP contribution in [0.1, 0.15) is 24.3 Å². The van der Waals surface area contributed by atoms with E-state index in [4.69, 9.17) is 5.73 Å². The van der Waals surface area contributed by atoms with Gasteiger partial charge in [-0.3, -0.25) is 4.79 Å². The highest BCUT2D eigenvalue weighted by Crippen LogP contribution is 2.42. The van der Waals surface area contributed by atoms with Crippen LogP contribution in [0.5, 0.6) is 0 Å². The molecule has 0 heterocycles. The van der Waals surface area contributed by atoms with Crippen molar-refractivity contribution >= 4 is 5.91 Å². The lowest BCUT2D eigenvalue weighted by molar-refractivity contribution is -0.119. The topological polar surface area (TPSA) is 43.1 Å². The van der Waals surface area contributed by atoms with Crippen molar-refractivity contribution in [2.24, 2.45) is 11.7 Å². The van der Waals surface area contributed by atoms with E-state index in [9.17, 15) is 4.79 Å². The Morgan fingerprint density at radius 3 is 2.38 bits per heavy atom. The Balaban J connectivity index is 2.25. The number of carbonyl (C=O) groups excluding carboxylic acids is 1. The van der Waals surface area contributed by atoms with Crippen molar-refractivity contribution in [1.82, 2.24) is 0 Å². The van der Waals surface area contributed by atoms with E-state index in [2.05, 4.69) is 0 Å². The Labute approximate surface area is 77.8 Å². The molecule has 68 valence electrons. The highest BCUT2D eigenvalue weighted by molar-refractivity contribution is 5.82. The molecule has 2 nitrogen and oxygen atoms in total. The first-order valence-electron chi connectivity index (χ1n) is 4.63. The first-order chi connectivity index (χ1) is 6.29. The van der Waals surface area contributed by atoms with Gasteiger partial charge in [0.2, 0.25) is 5.91 Å². The van der Waals surface area contributed by atoms with Crippen LogP contribution in [-0.2, 0) is 4.79 Å². The Hall–Kier alpha value is -1.31. The fraction of sp³-hybridized carbons (Fsp3) is 0.364. The number of hydrogen-bond acceptors (Lipinski definition) is 1. The van der Waals surface area contributed by atoms with Gasteiger partial charge in [0.05, 0.1) is 5.92 Å². The lowest BCUT2D eigenvalue weighted by atomic mass is 9.94. The molecular formula is C11H13NO. The zero-order valence-corrected chi connectivity index (χ0v) is 7.44. The second-order valence-electron chi connectivity index (χ2n) is 3.63. The average molecular weight is 175 g/mol. The summed E-state index contributed by atoms with van der Waals surface area (Å²) >= 11 is 0. The second kappa shape index (κ2) is 3.21. The molecule has 0 radical (unpaired) electrons. The van der Waals surface area contributed by atoms with Crippen LogP contribution in [0.25, 0.3) is 0 Å². The molecular weight excluding hydrogens is 162 g/mol. The lowest BCUT2D eigenvalue weighted by Gasteiger charge is -2.11. The van der Waals surface area contributed by atoms with Crippen LogP contribution in [0.3, 0.4) is 0 Å². The number of benzene rings is 1. The van der Waals surface area contributed by atoms with Crippen LogP contribution in [0.2, 0.25) is 0 Å². The zero-order valence-electron chi connectivity index (χ0n) is 7.44. The maximum absolute atomic E-state index is 11.2. The van der Waals surface area contributed by atoms with E-state index in [1.165, 1.54) is 0 Å². The molecule has 0 unspecified atom stereocenters. The molecule has 1 aromatic rings. The van der Waals surface area contributed by atoms with Crippen LogP contribution in [0.15, 0.2) is 30.3 Å². The SMILES string of the molecule is NC(=O)[C@H](c1ccccc1)C1CC1. The molecule has 13 heavy (non-hydrogen) atoms. The monoisotopic (exact) mass is 175 g/mol. The molecule has 2 N–H and O–H groups in total. The molecule has 1 aliphatic carbocycles. The molecule has 0 aromatic heterocycles. The molecule has 0 bridgehead atoms. The van der Waals surface area contributed by atoms with Crippen molar-refractivity contribution in [3.63, 3.8) is 0 Å². The van der Waals surface area contributed by atoms with Gasteiger partial charge in [0, 0.05) is 0 Å². The molecule has 0 saturated heterocycles. The highest BCUT2D eigenvalue weighted by atomic mass is 16.1. The number of nitrogens with two attached hydrogens (primary N) is 1. The maximum atomic E-state index is 11.2. The molecule has 2 heteroatoms. The van der Waals surface area contributed by atoms with Gasteiger partial charge in [-0.05, 0) is 24.3 Å². The van der Waals surface area contributed by atoms with Gasteiger partial charge in [-0.15, -0.1) is 0 Å². The largest absolute Gasteiger partial charge is 0.369 e. The molecule has 2 rings (SSSR count). The van der Waals surface area contributed by atoms with Crippen molar-refractivity contribution in [3.8, 4) is 0 Å². The van der Waals surface area contributed by atoms with E-state index in [0.717, 1.165) is 18.4 Å². The van der Waals surface area contributed by atoms with Gasteiger partial charge in [0.25, 0.3) is 0 Å². The number of carbonyl (C=O) groups is 1. The van der Waals surface area contributed by atoms with Gasteiger partial charge >= 0.3 is 0 Å². The van der Waals surface area contributed by atoms with Gasteiger partial charge in [0.15, 0.2) is 0 Å². The minimum atomic E-state index is -0.186. The fourth-order valence-corrected chi connectivity index (χ4v) is 1.76. The molecule has 1 fully saturated rings. The van der Waals surface area contributed by atoms with E-state index in [1.807, 2.05) is 30.3 Å². The maximum Gasteiger partial charge on any atom is 0.225 e. The van der Waals surface area contributed by atoms with Crippen molar-refractivity contribution in [2.75, 3.05) is 0 Å². The van der Waals surface area contributed by atoms with E-state index in [-0.39, 0.29) is 11.8 Å². The average Bonchev–Trinajstić information content (AvgIpc) is 2.90. The Bertz CT molecular complexity index is 303. The van der Waals surface area contributed by atoms with Gasteiger partial charge in [-0.1, -0.05) is 30.3 Å². The summed E-state index contributed by atoms with van der Waals surface area (Å²) < 4.78 is 0. The van der Waals surface area contributed by atoms with E-state index >= 15 is 0 Å². The van der Waals surface area contributed by atoms with Gasteiger partial charge in [0.1, 0.15) is 0 Å². The summed E-state index contributed by atoms with van der Waals surface area (Å²) in [6.07, 6.45) is 2.28. The Morgan fingerprint density at radius 1 is 1.31 bits per heavy atom. The van der Waals surface area contributed by atoms with Crippen LogP contribution >= 0.6 is 0 Å². The molecule has 1 atom stereocenters. The summed E-state index contributed by atoms with van der Waals surface area (Å²) in [7, 11) is 0. The third-order valence-corrected chi connectivity index (χ3v) is 2.56. The second-order valence-corrected chi connectivity index (χ2v) is 3.63. The molecule has 1 aromatic carbocycles. The minimum Gasteiger partial charge on any atom is -0.369 e. The summed E-state index contributed by atoms with van der Waals surface area (Å²) in [6.45, 7) is 0. The minimum absolute atomic E-state index is 0.0544. The summed E-state index contributed by atoms with van der Waals surface area (Å²) in [5.41, 5.74) is 6.44. The van der Waals surface area contributed by atoms with E-state index < -0.39 is 0 Å². The quantitative estimate of drug-likeness (QED) is 0.746. The van der Waals surface area contributed by atoms with Crippen LogP contribution in [0, 0.1) is 5.92 Å². The van der Waals surface area contributed by atoms with Gasteiger partial charge in [-0.2, -0.15) is 0 Å². The molecule has 1 aliphatic rings. The number of rotatable bonds is 3. The van der Waals surface area contributed by atoms with E-state index in [1.54, 1.807) is 0 Å². The third-order valence-electron chi connectivity index (χ3n) is 2.56. The first-order valence-corrected chi connectivity index (χ1v) is 4.63. The zero-order chi connectivity index (χ0) is 9.26. The number of primary amides is 1. The number of amides is 1. The first kappa shape index (κ1) is 8.30. The smallest absolute Gasteiger partial charge is 0.225 e. The van der Waals surface area contributed by atoms with E-state index in [0.29, 0.717) is 5.92 Å². The fourth-order valence-electron chi connectivity index (χ4n) is 1.76. The van der Waals surface area contributed by atoms with Crippen LogP contribution in [-0.4, -0.2) is 5.91 Å². The molecule has 0 spiro atoms. The predicted octanol–water partition coefficient (Wildman–Crippen LogP) is 1.67. The molecule has 0 aliphatic heterocycles. The van der Waals surface area contributed by atoms with Crippen molar-refractivity contribution in [2.45, 2.75) is 18.8 Å². The van der Waals surface area contributed by atoms with Crippen molar-refractivity contribution in [1.29, 1.82) is 0 Å². The summed E-state index contributed by atoms with van der Waals surface area (Å²) in [5, 5.41) is 0. The van der Waals surface area contributed by atoms with Crippen molar-refractivity contribution < 1.29 is 4.79 Å². The Kier molecular flexibility index (Phi) is 2.05. The van der Waals surface area contributed by atoms with Gasteiger partial charge in [-0.25, -0.2) is 0 Å². The third kappa shape index (κ3) is 1.72. The lowest BCUT2D eigenvalue weighted by Crippen LogP contribution is -2.22. The molecule has 1 saturated carbocycles. The predicted molar refractivity (Wildman–Crippen MR) is 51.1 cm³/mol.